The molecule has 0 fully saturated rings. The first kappa shape index (κ1) is 11.2. The number of ketones is 1. The molecule has 0 saturated heterocycles. The fourth-order valence-electron chi connectivity index (χ4n) is 2.26. The van der Waals surface area contributed by atoms with Gasteiger partial charge in [0.15, 0.2) is 14.2 Å². The minimum absolute atomic E-state index is 0.0773. The predicted octanol–water partition coefficient (Wildman–Crippen LogP) is 1.84. The lowest BCUT2D eigenvalue weighted by Gasteiger charge is -2.03. The van der Waals surface area contributed by atoms with Gasteiger partial charge in [-0.2, -0.15) is 0 Å². The zero-order chi connectivity index (χ0) is 12.7. The maximum Gasteiger partial charge on any atom is 0.258 e. The summed E-state index contributed by atoms with van der Waals surface area (Å²) < 4.78 is 10.5. The second-order valence-electron chi connectivity index (χ2n) is 4.25. The molecule has 90 valence electrons. The van der Waals surface area contributed by atoms with E-state index in [1.807, 2.05) is 0 Å². The Hall–Kier alpha value is -1.87. The summed E-state index contributed by atoms with van der Waals surface area (Å²) in [4.78, 5) is 30.3. The van der Waals surface area contributed by atoms with Gasteiger partial charge in [-0.1, -0.05) is 0 Å². The van der Waals surface area contributed by atoms with Crippen molar-refractivity contribution in [3.63, 3.8) is 0 Å². The molecule has 5 nitrogen and oxygen atoms in total. The smallest absolute Gasteiger partial charge is 0.258 e. The second kappa shape index (κ2) is 4.10. The van der Waals surface area contributed by atoms with E-state index in [2.05, 4.69) is 9.97 Å². The molecule has 2 aromatic rings. The van der Waals surface area contributed by atoms with E-state index in [9.17, 15) is 14.2 Å². The molecule has 1 aliphatic rings. The fraction of sp³-hybridized carbons (Fsp3) is 0.250. The summed E-state index contributed by atoms with van der Waals surface area (Å²) in [5, 5.41) is 0.412. The number of aromatic amines is 1. The number of Topliss-reactive ketones (excluding diaryl/α,β-unsaturated/α-hetero) is 1. The Morgan fingerprint density at radius 2 is 2.11 bits per heavy atom. The molecule has 6 heteroatoms. The lowest BCUT2D eigenvalue weighted by molar-refractivity contribution is 0.0994. The number of hydrogen-bond donors (Lipinski definition) is 1. The highest BCUT2D eigenvalue weighted by atomic mass is 31.1. The number of hydrogen-bond acceptors (Lipinski definition) is 4. The van der Waals surface area contributed by atoms with Gasteiger partial charge in [0, 0.05) is 12.0 Å². The molecule has 1 aromatic heterocycles. The van der Waals surface area contributed by atoms with Crippen LogP contribution in [0.25, 0.3) is 10.9 Å². The molecule has 0 unspecified atom stereocenters. The topological polar surface area (TPSA) is 79.9 Å². The predicted molar refractivity (Wildman–Crippen MR) is 66.3 cm³/mol. The largest absolute Gasteiger partial charge is 0.309 e. The molecule has 1 aliphatic carbocycles. The number of benzene rings is 1. The molecule has 0 aliphatic heterocycles. The highest BCUT2D eigenvalue weighted by Gasteiger charge is 2.21. The summed E-state index contributed by atoms with van der Waals surface area (Å²) >= 11 is 0. The Labute approximate surface area is 103 Å². The molecule has 0 spiro atoms. The number of carbonyl (C=O) groups is 1. The van der Waals surface area contributed by atoms with Crippen LogP contribution in [0.2, 0.25) is 0 Å². The van der Waals surface area contributed by atoms with Gasteiger partial charge in [0.05, 0.1) is 17.1 Å². The Morgan fingerprint density at radius 3 is 2.89 bits per heavy atom. The van der Waals surface area contributed by atoms with E-state index in [0.29, 0.717) is 35.1 Å². The molecule has 18 heavy (non-hydrogen) atoms. The van der Waals surface area contributed by atoms with E-state index in [-0.39, 0.29) is 26.0 Å². The Balaban J connectivity index is 2.30. The second-order valence-corrected chi connectivity index (χ2v) is 4.82. The normalized spacial score (nSPS) is 14.3. The van der Waals surface area contributed by atoms with E-state index in [0.717, 1.165) is 5.56 Å². The SMILES string of the molecule is O=PCc1nc2cc3c(cc2c(=O)[nH]1)C(=O)CC3. The minimum Gasteiger partial charge on any atom is -0.309 e. The van der Waals surface area contributed by atoms with E-state index in [1.54, 1.807) is 12.1 Å². The summed E-state index contributed by atoms with van der Waals surface area (Å²) in [5.41, 5.74) is 1.84. The van der Waals surface area contributed by atoms with Gasteiger partial charge in [-0.05, 0) is 24.1 Å². The van der Waals surface area contributed by atoms with Gasteiger partial charge in [0.25, 0.3) is 5.56 Å². The van der Waals surface area contributed by atoms with Crippen molar-refractivity contribution >= 4 is 25.1 Å². The van der Waals surface area contributed by atoms with Crippen molar-refractivity contribution in [2.75, 3.05) is 0 Å². The molecular weight excluding hydrogens is 251 g/mol. The number of fused-ring (bicyclic) bond motifs is 2. The van der Waals surface area contributed by atoms with E-state index in [4.69, 9.17) is 0 Å². The molecule has 3 rings (SSSR count). The highest BCUT2D eigenvalue weighted by Crippen LogP contribution is 2.25. The van der Waals surface area contributed by atoms with Crippen LogP contribution in [-0.2, 0) is 17.1 Å². The molecule has 0 saturated carbocycles. The van der Waals surface area contributed by atoms with Crippen LogP contribution in [-0.4, -0.2) is 15.8 Å². The van der Waals surface area contributed by atoms with Crippen molar-refractivity contribution in [3.8, 4) is 0 Å². The monoisotopic (exact) mass is 260 g/mol. The maximum absolute atomic E-state index is 11.9. The van der Waals surface area contributed by atoms with Crippen LogP contribution >= 0.6 is 8.46 Å². The van der Waals surface area contributed by atoms with Crippen molar-refractivity contribution < 1.29 is 9.36 Å². The fourth-order valence-corrected chi connectivity index (χ4v) is 2.53. The lowest BCUT2D eigenvalue weighted by atomic mass is 10.1. The zero-order valence-electron chi connectivity index (χ0n) is 9.40. The van der Waals surface area contributed by atoms with E-state index >= 15 is 0 Å². The Kier molecular flexibility index (Phi) is 2.56. The molecule has 0 radical (unpaired) electrons. The molecule has 0 amide bonds. The molecular formula is C12H9N2O3P. The van der Waals surface area contributed by atoms with Crippen molar-refractivity contribution in [1.82, 2.24) is 9.97 Å². The van der Waals surface area contributed by atoms with Gasteiger partial charge in [-0.15, -0.1) is 0 Å². The van der Waals surface area contributed by atoms with Crippen LogP contribution in [0.3, 0.4) is 0 Å². The summed E-state index contributed by atoms with van der Waals surface area (Å²) in [7, 11) is -0.0848. The Bertz CT molecular complexity index is 736. The van der Waals surface area contributed by atoms with Gasteiger partial charge < -0.3 is 4.98 Å². The summed E-state index contributed by atoms with van der Waals surface area (Å²) in [6.07, 6.45) is 1.38. The first-order valence-corrected chi connectivity index (χ1v) is 6.57. The highest BCUT2D eigenvalue weighted by molar-refractivity contribution is 7.22. The van der Waals surface area contributed by atoms with Crippen LogP contribution < -0.4 is 5.56 Å². The van der Waals surface area contributed by atoms with Crippen LogP contribution in [0.4, 0.5) is 0 Å². The van der Waals surface area contributed by atoms with Crippen LogP contribution in [0, 0.1) is 0 Å². The van der Waals surface area contributed by atoms with Crippen molar-refractivity contribution in [2.24, 2.45) is 0 Å². The number of carbonyl (C=O) groups excluding carboxylic acids is 1. The van der Waals surface area contributed by atoms with Crippen molar-refractivity contribution in [3.05, 3.63) is 39.4 Å². The van der Waals surface area contributed by atoms with E-state index in [1.165, 1.54) is 0 Å². The van der Waals surface area contributed by atoms with Crippen LogP contribution in [0.5, 0.6) is 0 Å². The third-order valence-electron chi connectivity index (χ3n) is 3.12. The number of H-pyrrole nitrogens is 1. The van der Waals surface area contributed by atoms with Gasteiger partial charge in [0.1, 0.15) is 5.82 Å². The number of aromatic nitrogens is 2. The van der Waals surface area contributed by atoms with Gasteiger partial charge in [0.2, 0.25) is 0 Å². The lowest BCUT2D eigenvalue weighted by Crippen LogP contribution is -2.11. The van der Waals surface area contributed by atoms with E-state index < -0.39 is 0 Å². The number of nitrogens with one attached hydrogen (secondary N) is 1. The molecule has 1 N–H and O–H groups in total. The number of rotatable bonds is 2. The van der Waals surface area contributed by atoms with Gasteiger partial charge in [-0.3, -0.25) is 14.2 Å². The third kappa shape index (κ3) is 1.68. The van der Waals surface area contributed by atoms with Crippen LogP contribution in [0.1, 0.15) is 28.2 Å². The number of nitrogens with zero attached hydrogens (tertiary/aromatic N) is 1. The molecule has 0 bridgehead atoms. The molecule has 1 aromatic carbocycles. The average Bonchev–Trinajstić information content (AvgIpc) is 2.69. The van der Waals surface area contributed by atoms with Gasteiger partial charge in [-0.25, -0.2) is 4.98 Å². The van der Waals surface area contributed by atoms with Crippen LogP contribution in [0.15, 0.2) is 16.9 Å². The Morgan fingerprint density at radius 1 is 1.28 bits per heavy atom. The third-order valence-corrected chi connectivity index (χ3v) is 3.54. The summed E-state index contributed by atoms with van der Waals surface area (Å²) in [6, 6.07) is 3.40. The number of aryl methyl sites for hydroxylation is 1. The average molecular weight is 260 g/mol. The van der Waals surface area contributed by atoms with Crippen molar-refractivity contribution in [2.45, 2.75) is 19.0 Å². The minimum atomic E-state index is -0.291. The first-order chi connectivity index (χ1) is 8.69. The summed E-state index contributed by atoms with van der Waals surface area (Å²) in [5.74, 6) is 0.474. The first-order valence-electron chi connectivity index (χ1n) is 5.57. The summed E-state index contributed by atoms with van der Waals surface area (Å²) in [6.45, 7) is 0. The quantitative estimate of drug-likeness (QED) is 0.835. The standard InChI is InChI=1S/C12H9N2O3P/c15-10-2-1-6-3-9-8(4-7(6)10)12(16)14-11(13-9)5-18-17/h3-4H,1-2,5H2,(H,13,14,16). The molecule has 1 heterocycles. The van der Waals surface area contributed by atoms with Crippen molar-refractivity contribution in [1.29, 1.82) is 0 Å². The maximum atomic E-state index is 11.9. The molecule has 0 atom stereocenters. The van der Waals surface area contributed by atoms with Gasteiger partial charge >= 0.3 is 0 Å². The zero-order valence-corrected chi connectivity index (χ0v) is 10.3.